The third kappa shape index (κ3) is 3.38. The molecule has 44 heavy (non-hydrogen) atoms. The molecule has 0 aromatic heterocycles. The van der Waals surface area contributed by atoms with E-state index >= 15 is 0 Å². The van der Waals surface area contributed by atoms with Gasteiger partial charge in [0.25, 0.3) is 0 Å². The van der Waals surface area contributed by atoms with Gasteiger partial charge < -0.3 is 44.5 Å². The maximum Gasteiger partial charge on any atom is 0.199 e. The van der Waals surface area contributed by atoms with Crippen molar-refractivity contribution in [1.82, 2.24) is 0 Å². The van der Waals surface area contributed by atoms with Crippen LogP contribution in [0.5, 0.6) is 0 Å². The Hall–Kier alpha value is -0.360. The highest BCUT2D eigenvalue weighted by molar-refractivity contribution is 5.34. The molecule has 3 aliphatic heterocycles. The van der Waals surface area contributed by atoms with Gasteiger partial charge in [0.05, 0.1) is 24.4 Å². The van der Waals surface area contributed by atoms with Gasteiger partial charge in [-0.05, 0) is 105 Å². The topological polar surface area (TPSA) is 138 Å². The monoisotopic (exact) mass is 620 g/mol. The Morgan fingerprint density at radius 3 is 2.23 bits per heavy atom. The smallest absolute Gasteiger partial charge is 0.199 e. The first kappa shape index (κ1) is 30.9. The van der Waals surface area contributed by atoms with Crippen LogP contribution in [0.2, 0.25) is 0 Å². The van der Waals surface area contributed by atoms with Crippen molar-refractivity contribution in [2.45, 2.75) is 160 Å². The van der Waals surface area contributed by atoms with E-state index < -0.39 is 48.2 Å². The average molecular weight is 621 g/mol. The van der Waals surface area contributed by atoms with Crippen molar-refractivity contribution >= 4 is 0 Å². The lowest BCUT2D eigenvalue weighted by atomic mass is 9.41. The molecule has 9 nitrogen and oxygen atoms in total. The molecule has 8 fully saturated rings. The maximum atomic E-state index is 12.7. The Morgan fingerprint density at radius 2 is 1.52 bits per heavy atom. The van der Waals surface area contributed by atoms with Gasteiger partial charge in [0.2, 0.25) is 0 Å². The quantitative estimate of drug-likeness (QED) is 0.301. The largest absolute Gasteiger partial charge is 0.388 e. The summed E-state index contributed by atoms with van der Waals surface area (Å²) >= 11 is 0. The van der Waals surface area contributed by atoms with E-state index in [1.54, 1.807) is 13.8 Å². The summed E-state index contributed by atoms with van der Waals surface area (Å²) in [5.41, 5.74) is -1.39. The van der Waals surface area contributed by atoms with Crippen molar-refractivity contribution in [3.8, 4) is 0 Å². The van der Waals surface area contributed by atoms with Gasteiger partial charge in [0.1, 0.15) is 30.5 Å². The summed E-state index contributed by atoms with van der Waals surface area (Å²) < 4.78 is 25.8. The van der Waals surface area contributed by atoms with E-state index in [4.69, 9.17) is 18.9 Å². The molecule has 9 heteroatoms. The Labute approximate surface area is 262 Å². The molecule has 5 N–H and O–H groups in total. The van der Waals surface area contributed by atoms with Gasteiger partial charge >= 0.3 is 0 Å². The zero-order valence-corrected chi connectivity index (χ0v) is 27.7. The molecule has 3 saturated heterocycles. The Balaban J connectivity index is 1.10. The van der Waals surface area contributed by atoms with Crippen LogP contribution in [0.1, 0.15) is 99.8 Å². The predicted molar refractivity (Wildman–Crippen MR) is 159 cm³/mol. The number of rotatable bonds is 3. The zero-order valence-electron chi connectivity index (χ0n) is 27.7. The summed E-state index contributed by atoms with van der Waals surface area (Å²) in [5.74, 6) is 0.108. The third-order valence-electron chi connectivity index (χ3n) is 15.9. The highest BCUT2D eigenvalue weighted by Crippen LogP contribution is 2.90. The second-order valence-electron chi connectivity index (χ2n) is 18.3. The fraction of sp³-hybridized carbons (Fsp3) is 1.00. The van der Waals surface area contributed by atoms with Gasteiger partial charge in [-0.15, -0.1) is 0 Å². The molecular weight excluding hydrogens is 564 g/mol. The van der Waals surface area contributed by atoms with Crippen molar-refractivity contribution in [3.05, 3.63) is 0 Å². The molecular formula is C35H56O9. The molecule has 17 atom stereocenters. The first-order valence-electron chi connectivity index (χ1n) is 17.5. The van der Waals surface area contributed by atoms with E-state index in [0.717, 1.165) is 44.9 Å². The maximum absolute atomic E-state index is 12.7. The van der Waals surface area contributed by atoms with E-state index in [1.807, 2.05) is 0 Å². The van der Waals surface area contributed by atoms with Crippen molar-refractivity contribution < 1.29 is 44.5 Å². The number of ether oxygens (including phenoxy) is 4. The summed E-state index contributed by atoms with van der Waals surface area (Å²) in [5, 5.41) is 54.5. The molecule has 0 aromatic carbocycles. The highest BCUT2D eigenvalue weighted by atomic mass is 16.8. The molecule has 5 aliphatic carbocycles. The minimum absolute atomic E-state index is 0.0559. The molecule has 0 unspecified atom stereocenters. The number of hydrogen-bond donors (Lipinski definition) is 5. The summed E-state index contributed by atoms with van der Waals surface area (Å²) in [6, 6.07) is 0. The lowest BCUT2D eigenvalue weighted by Gasteiger charge is -2.63. The van der Waals surface area contributed by atoms with Gasteiger partial charge in [-0.25, -0.2) is 0 Å². The minimum Gasteiger partial charge on any atom is -0.388 e. The second-order valence-corrected chi connectivity index (χ2v) is 18.3. The molecule has 3 heterocycles. The zero-order chi connectivity index (χ0) is 31.6. The van der Waals surface area contributed by atoms with Crippen LogP contribution in [0.25, 0.3) is 0 Å². The first-order valence-corrected chi connectivity index (χ1v) is 17.5. The van der Waals surface area contributed by atoms with Crippen LogP contribution in [0.15, 0.2) is 0 Å². The Kier molecular flexibility index (Phi) is 6.33. The van der Waals surface area contributed by atoms with E-state index in [2.05, 4.69) is 34.6 Å². The van der Waals surface area contributed by atoms with Crippen LogP contribution in [-0.2, 0) is 18.9 Å². The van der Waals surface area contributed by atoms with Gasteiger partial charge in [-0.1, -0.05) is 34.6 Å². The lowest BCUT2D eigenvalue weighted by Crippen LogP contribution is -2.61. The van der Waals surface area contributed by atoms with E-state index in [-0.39, 0.29) is 51.8 Å². The van der Waals surface area contributed by atoms with Crippen LogP contribution >= 0.6 is 0 Å². The van der Waals surface area contributed by atoms with Crippen LogP contribution in [0.4, 0.5) is 0 Å². The van der Waals surface area contributed by atoms with Gasteiger partial charge in [0, 0.05) is 11.3 Å². The Bertz CT molecular complexity index is 1200. The molecule has 0 aromatic rings. The standard InChI is InChI=1S/C35H56O9/c1-17-14-19-26(30(4,5)40)44-35(43-19)25(17)31(6)12-13-34-16-33(34)11-10-22(42-27-24(38)23(37)18(36)15-41-27)29(2,3)20(33)8-9-21(34)32(31,7)28(35)39/h17-28,36-40H,8-16H2,1-7H3/t17-,18+,19+,20+,21+,22+,23+,24-,25-,26+,27+,28-,31-,32-,33-,34+,35+/m1/s1. The molecule has 250 valence electrons. The van der Waals surface area contributed by atoms with Crippen molar-refractivity contribution in [2.75, 3.05) is 6.61 Å². The van der Waals surface area contributed by atoms with Crippen LogP contribution in [0.3, 0.4) is 0 Å². The molecule has 8 rings (SSSR count). The van der Waals surface area contributed by atoms with Crippen molar-refractivity contribution in [1.29, 1.82) is 0 Å². The number of fused-ring (bicyclic) bond motifs is 4. The lowest BCUT2D eigenvalue weighted by molar-refractivity contribution is -0.303. The normalized spacial score (nSPS) is 62.2. The second kappa shape index (κ2) is 9.00. The molecule has 2 bridgehead atoms. The van der Waals surface area contributed by atoms with E-state index in [1.165, 1.54) is 6.42 Å². The molecule has 8 aliphatic rings. The minimum atomic E-state index is -1.28. The summed E-state index contributed by atoms with van der Waals surface area (Å²) in [6.07, 6.45) is 2.00. The third-order valence-corrected chi connectivity index (χ3v) is 15.9. The fourth-order valence-corrected chi connectivity index (χ4v) is 14.0. The van der Waals surface area contributed by atoms with E-state index in [9.17, 15) is 25.5 Å². The van der Waals surface area contributed by atoms with Crippen molar-refractivity contribution in [2.24, 2.45) is 50.7 Å². The Morgan fingerprint density at radius 1 is 0.841 bits per heavy atom. The van der Waals surface area contributed by atoms with Gasteiger partial charge in [-0.2, -0.15) is 0 Å². The van der Waals surface area contributed by atoms with E-state index in [0.29, 0.717) is 17.8 Å². The van der Waals surface area contributed by atoms with Gasteiger partial charge in [0.15, 0.2) is 12.1 Å². The fourth-order valence-electron chi connectivity index (χ4n) is 14.0. The molecule has 0 radical (unpaired) electrons. The van der Waals surface area contributed by atoms with Gasteiger partial charge in [-0.3, -0.25) is 0 Å². The van der Waals surface area contributed by atoms with Crippen LogP contribution in [-0.4, -0.2) is 92.5 Å². The molecule has 5 saturated carbocycles. The highest BCUT2D eigenvalue weighted by Gasteiger charge is 2.88. The summed E-state index contributed by atoms with van der Waals surface area (Å²) in [7, 11) is 0. The molecule has 3 spiro atoms. The number of aliphatic hydroxyl groups is 5. The number of aliphatic hydroxyl groups excluding tert-OH is 4. The van der Waals surface area contributed by atoms with Crippen LogP contribution in [0, 0.1) is 50.7 Å². The number of hydrogen-bond acceptors (Lipinski definition) is 9. The van der Waals surface area contributed by atoms with Crippen LogP contribution < -0.4 is 0 Å². The average Bonchev–Trinajstić information content (AvgIpc) is 3.45. The summed E-state index contributed by atoms with van der Waals surface area (Å²) in [6.45, 7) is 15.2. The molecule has 0 amide bonds. The first-order chi connectivity index (χ1) is 20.4. The summed E-state index contributed by atoms with van der Waals surface area (Å²) in [4.78, 5) is 0. The van der Waals surface area contributed by atoms with Crippen molar-refractivity contribution in [3.63, 3.8) is 0 Å². The predicted octanol–water partition coefficient (Wildman–Crippen LogP) is 3.12. The SMILES string of the molecule is C[C@@H]1C[C@@H]2O[C@@]3(O[C@@H]2C(C)(C)O)[C@H](O)[C@@]2(C)[C@@H]4CC[C@H]5C(C)(C)[C@@H](O[C@@H]6OC[C@H](O)[C@H](O)[C@H]6O)CC[C@@]56C[C@@]46CC[C@]2(C)[C@@H]13.